The highest BCUT2D eigenvalue weighted by Gasteiger charge is 2.22. The highest BCUT2D eigenvalue weighted by Crippen LogP contribution is 2.18. The molecule has 2 aromatic rings. The van der Waals surface area contributed by atoms with Crippen molar-refractivity contribution in [1.29, 1.82) is 0 Å². The molecule has 1 amide bonds. The molecule has 0 saturated carbocycles. The predicted octanol–water partition coefficient (Wildman–Crippen LogP) is 1.92. The van der Waals surface area contributed by atoms with Crippen LogP contribution in [-0.4, -0.2) is 21.1 Å². The van der Waals surface area contributed by atoms with Crippen LogP contribution in [0.5, 0.6) is 0 Å². The topological polar surface area (TPSA) is 73.1 Å². The number of carbonyl (C=O) groups is 1. The Balaban J connectivity index is 2.80. The maximum atomic E-state index is 12.7. The summed E-state index contributed by atoms with van der Waals surface area (Å²) in [6, 6.07) is 3.91. The molecule has 0 aliphatic heterocycles. The normalized spacial score (nSPS) is 12.6. The molecule has 0 spiro atoms. The number of carbonyl (C=O) groups excluding carboxylic acids is 1. The van der Waals surface area contributed by atoms with E-state index in [1.807, 2.05) is 13.8 Å². The van der Waals surface area contributed by atoms with Crippen LogP contribution in [0, 0.1) is 0 Å². The number of benzene rings is 1. The van der Waals surface area contributed by atoms with Crippen LogP contribution < -0.4 is 16.6 Å². The lowest BCUT2D eigenvalue weighted by molar-refractivity contribution is -0.124. The third-order valence-electron chi connectivity index (χ3n) is 3.65. The van der Waals surface area contributed by atoms with Gasteiger partial charge in [-0.15, -0.1) is 0 Å². The van der Waals surface area contributed by atoms with E-state index < -0.39 is 11.7 Å². The average Bonchev–Trinajstić information content (AvgIpc) is 2.46. The average molecular weight is 338 g/mol. The van der Waals surface area contributed by atoms with Crippen LogP contribution in [-0.2, 0) is 11.3 Å². The van der Waals surface area contributed by atoms with Gasteiger partial charge in [-0.3, -0.25) is 18.7 Å². The van der Waals surface area contributed by atoms with Crippen molar-refractivity contribution in [2.45, 2.75) is 46.3 Å². The number of amides is 1. The molecule has 1 aromatic carbocycles. The van der Waals surface area contributed by atoms with Crippen LogP contribution >= 0.6 is 11.6 Å². The lowest BCUT2D eigenvalue weighted by atomic mass is 10.2. The summed E-state index contributed by atoms with van der Waals surface area (Å²) in [5.41, 5.74) is -0.529. The predicted molar refractivity (Wildman–Crippen MR) is 91.1 cm³/mol. The summed E-state index contributed by atoms with van der Waals surface area (Å²) >= 11 is 6.01. The zero-order chi connectivity index (χ0) is 17.3. The molecule has 0 aliphatic rings. The molecule has 0 saturated heterocycles. The molecule has 0 unspecified atom stereocenters. The maximum Gasteiger partial charge on any atom is 0.332 e. The molecule has 6 nitrogen and oxygen atoms in total. The lowest BCUT2D eigenvalue weighted by Gasteiger charge is -2.20. The van der Waals surface area contributed by atoms with E-state index in [2.05, 4.69) is 5.32 Å². The molecular weight excluding hydrogens is 318 g/mol. The zero-order valence-electron chi connectivity index (χ0n) is 13.6. The van der Waals surface area contributed by atoms with E-state index in [4.69, 9.17) is 11.6 Å². The lowest BCUT2D eigenvalue weighted by Crippen LogP contribution is -2.45. The van der Waals surface area contributed by atoms with Gasteiger partial charge in [0.2, 0.25) is 5.91 Å². The number of rotatable bonds is 4. The highest BCUT2D eigenvalue weighted by atomic mass is 35.5. The first-order valence-corrected chi connectivity index (χ1v) is 7.90. The highest BCUT2D eigenvalue weighted by molar-refractivity contribution is 6.31. The van der Waals surface area contributed by atoms with Gasteiger partial charge in [-0.1, -0.05) is 11.6 Å². The Morgan fingerprint density at radius 3 is 2.48 bits per heavy atom. The van der Waals surface area contributed by atoms with Crippen LogP contribution in [0.15, 0.2) is 27.8 Å². The van der Waals surface area contributed by atoms with Gasteiger partial charge < -0.3 is 5.32 Å². The monoisotopic (exact) mass is 337 g/mol. The van der Waals surface area contributed by atoms with Crippen molar-refractivity contribution in [2.24, 2.45) is 0 Å². The Hall–Kier alpha value is -2.08. The smallest absolute Gasteiger partial charge is 0.332 e. The second-order valence-corrected chi connectivity index (χ2v) is 6.14. The quantitative estimate of drug-likeness (QED) is 0.926. The van der Waals surface area contributed by atoms with E-state index >= 15 is 0 Å². The minimum absolute atomic E-state index is 0.0485. The Kier molecular flexibility index (Phi) is 4.94. The van der Waals surface area contributed by atoms with Crippen molar-refractivity contribution in [3.8, 4) is 0 Å². The van der Waals surface area contributed by atoms with Gasteiger partial charge in [0.05, 0.1) is 10.9 Å². The summed E-state index contributed by atoms with van der Waals surface area (Å²) in [5.74, 6) is -0.287. The largest absolute Gasteiger partial charge is 0.352 e. The second-order valence-electron chi connectivity index (χ2n) is 5.70. The van der Waals surface area contributed by atoms with Crippen LogP contribution in [0.4, 0.5) is 0 Å². The molecule has 0 bridgehead atoms. The summed E-state index contributed by atoms with van der Waals surface area (Å²) < 4.78 is 2.44. The van der Waals surface area contributed by atoms with E-state index in [1.165, 1.54) is 4.57 Å². The van der Waals surface area contributed by atoms with Crippen LogP contribution in [0.25, 0.3) is 10.9 Å². The molecule has 23 heavy (non-hydrogen) atoms. The Morgan fingerprint density at radius 1 is 1.26 bits per heavy atom. The van der Waals surface area contributed by atoms with Crippen molar-refractivity contribution in [3.05, 3.63) is 44.1 Å². The van der Waals surface area contributed by atoms with Gasteiger partial charge in [0.1, 0.15) is 6.04 Å². The first-order valence-electron chi connectivity index (χ1n) is 7.52. The van der Waals surface area contributed by atoms with Crippen molar-refractivity contribution < 1.29 is 4.79 Å². The summed E-state index contributed by atoms with van der Waals surface area (Å²) in [7, 11) is 0. The molecule has 7 heteroatoms. The van der Waals surface area contributed by atoms with E-state index in [9.17, 15) is 14.4 Å². The molecular formula is C16H20ClN3O3. The van der Waals surface area contributed by atoms with Gasteiger partial charge in [-0.05, 0) is 45.9 Å². The van der Waals surface area contributed by atoms with E-state index in [-0.39, 0.29) is 24.1 Å². The van der Waals surface area contributed by atoms with Gasteiger partial charge in [0.15, 0.2) is 0 Å². The molecule has 124 valence electrons. The fourth-order valence-corrected chi connectivity index (χ4v) is 2.69. The van der Waals surface area contributed by atoms with Gasteiger partial charge in [0.25, 0.3) is 5.56 Å². The third-order valence-corrected chi connectivity index (χ3v) is 3.88. The molecule has 1 N–H and O–H groups in total. The number of nitrogens with zero attached hydrogens (tertiary/aromatic N) is 2. The number of nitrogens with one attached hydrogen (secondary N) is 1. The van der Waals surface area contributed by atoms with Crippen molar-refractivity contribution in [2.75, 3.05) is 0 Å². The fraction of sp³-hybridized carbons (Fsp3) is 0.438. The number of halogens is 1. The SMILES string of the molecule is CCn1c(=O)c2ccc(Cl)cc2n([C@H](C)C(=O)NC(C)C)c1=O. The van der Waals surface area contributed by atoms with Crippen LogP contribution in [0.1, 0.15) is 33.7 Å². The van der Waals surface area contributed by atoms with Crippen molar-refractivity contribution in [1.82, 2.24) is 14.5 Å². The van der Waals surface area contributed by atoms with Gasteiger partial charge in [-0.25, -0.2) is 4.79 Å². The van der Waals surface area contributed by atoms with E-state index in [0.29, 0.717) is 15.9 Å². The van der Waals surface area contributed by atoms with E-state index in [0.717, 1.165) is 4.57 Å². The van der Waals surface area contributed by atoms with E-state index in [1.54, 1.807) is 32.0 Å². The first kappa shape index (κ1) is 17.3. The zero-order valence-corrected chi connectivity index (χ0v) is 14.3. The third kappa shape index (κ3) is 3.17. The number of aromatic nitrogens is 2. The summed E-state index contributed by atoms with van der Waals surface area (Å²) in [6.45, 7) is 7.26. The molecule has 1 aromatic heterocycles. The standard InChI is InChI=1S/C16H20ClN3O3/c1-5-19-15(22)12-7-6-11(17)8-13(12)20(16(19)23)10(4)14(21)18-9(2)3/h6-10H,5H2,1-4H3,(H,18,21)/t10-/m1/s1. The summed E-state index contributed by atoms with van der Waals surface area (Å²) in [6.07, 6.45) is 0. The molecule has 0 aliphatic carbocycles. The molecule has 1 heterocycles. The molecule has 1 atom stereocenters. The molecule has 2 rings (SSSR count). The maximum absolute atomic E-state index is 12.7. The first-order chi connectivity index (χ1) is 10.8. The number of hydrogen-bond acceptors (Lipinski definition) is 3. The van der Waals surface area contributed by atoms with Crippen LogP contribution in [0.2, 0.25) is 5.02 Å². The molecule has 0 fully saturated rings. The van der Waals surface area contributed by atoms with Crippen LogP contribution in [0.3, 0.4) is 0 Å². The minimum Gasteiger partial charge on any atom is -0.352 e. The summed E-state index contributed by atoms with van der Waals surface area (Å²) in [4.78, 5) is 37.4. The van der Waals surface area contributed by atoms with Gasteiger partial charge in [0, 0.05) is 17.6 Å². The van der Waals surface area contributed by atoms with Crippen molar-refractivity contribution >= 4 is 28.4 Å². The molecule has 0 radical (unpaired) electrons. The Labute approximate surface area is 138 Å². The number of fused-ring (bicyclic) bond motifs is 1. The Bertz CT molecular complexity index is 867. The van der Waals surface area contributed by atoms with Crippen molar-refractivity contribution in [3.63, 3.8) is 0 Å². The van der Waals surface area contributed by atoms with Gasteiger partial charge in [-0.2, -0.15) is 0 Å². The summed E-state index contributed by atoms with van der Waals surface area (Å²) in [5, 5.41) is 3.54. The fourth-order valence-electron chi connectivity index (χ4n) is 2.53. The minimum atomic E-state index is -0.760. The second kappa shape index (κ2) is 6.58. The van der Waals surface area contributed by atoms with Gasteiger partial charge >= 0.3 is 5.69 Å². The Morgan fingerprint density at radius 2 is 1.91 bits per heavy atom. The number of hydrogen-bond donors (Lipinski definition) is 1.